The molecule has 0 aromatic heterocycles. The van der Waals surface area contributed by atoms with Gasteiger partial charge in [0.05, 0.1) is 13.7 Å². The first kappa shape index (κ1) is 14.8. The maximum atomic E-state index is 11.8. The summed E-state index contributed by atoms with van der Waals surface area (Å²) in [5.41, 5.74) is 1.82. The van der Waals surface area contributed by atoms with Gasteiger partial charge in [-0.2, -0.15) is 0 Å². The average molecular weight is 331 g/mol. The van der Waals surface area contributed by atoms with Crippen LogP contribution in [0.3, 0.4) is 0 Å². The molecule has 24 heavy (non-hydrogen) atoms. The van der Waals surface area contributed by atoms with E-state index in [1.807, 2.05) is 18.2 Å². The number of methoxy groups -OCH3 is 1. The van der Waals surface area contributed by atoms with Crippen LogP contribution >= 0.6 is 0 Å². The summed E-state index contributed by atoms with van der Waals surface area (Å²) in [6.45, 7) is 1.35. The molecule has 1 fully saturated rings. The van der Waals surface area contributed by atoms with Crippen LogP contribution in [0.25, 0.3) is 0 Å². The van der Waals surface area contributed by atoms with Gasteiger partial charge in [-0.15, -0.1) is 0 Å². The van der Waals surface area contributed by atoms with Gasteiger partial charge in [-0.05, 0) is 18.1 Å². The number of nitrogens with one attached hydrogen (secondary N) is 1. The molecule has 3 aliphatic heterocycles. The summed E-state index contributed by atoms with van der Waals surface area (Å²) in [4.78, 5) is 29.7. The average Bonchev–Trinajstić information content (AvgIpc) is 3.20. The molecule has 1 aromatic carbocycles. The Morgan fingerprint density at radius 1 is 1.33 bits per heavy atom. The SMILES string of the molecule is COc1ccc2c(c1)N(C)C1(OC(=O)C(=O)O1)C(C1=NCCN1)C2. The summed E-state index contributed by atoms with van der Waals surface area (Å²) in [5.74, 6) is -2.56. The van der Waals surface area contributed by atoms with E-state index in [-0.39, 0.29) is 0 Å². The monoisotopic (exact) mass is 331 g/mol. The molecule has 1 spiro atoms. The number of fused-ring (bicyclic) bond motifs is 1. The second-order valence-corrected chi connectivity index (χ2v) is 5.91. The van der Waals surface area contributed by atoms with Gasteiger partial charge < -0.3 is 24.4 Å². The van der Waals surface area contributed by atoms with Gasteiger partial charge in [-0.25, -0.2) is 9.59 Å². The molecule has 1 N–H and O–H groups in total. The Morgan fingerprint density at radius 2 is 2.08 bits per heavy atom. The van der Waals surface area contributed by atoms with Gasteiger partial charge in [0, 0.05) is 25.3 Å². The Hall–Kier alpha value is -2.77. The molecule has 3 aliphatic rings. The number of aliphatic imine (C=N–C) groups is 1. The Kier molecular flexibility index (Phi) is 3.16. The number of ether oxygens (including phenoxy) is 3. The van der Waals surface area contributed by atoms with Crippen LogP contribution < -0.4 is 15.0 Å². The van der Waals surface area contributed by atoms with E-state index in [1.54, 1.807) is 19.1 Å². The molecular formula is C16H17N3O5. The molecule has 0 radical (unpaired) electrons. The predicted octanol–water partition coefficient (Wildman–Crippen LogP) is 0.0592. The van der Waals surface area contributed by atoms with Gasteiger partial charge >= 0.3 is 17.8 Å². The van der Waals surface area contributed by atoms with Crippen LogP contribution in [0.4, 0.5) is 5.69 Å². The highest BCUT2D eigenvalue weighted by molar-refractivity contribution is 6.31. The van der Waals surface area contributed by atoms with E-state index in [0.717, 1.165) is 11.3 Å². The molecule has 8 heteroatoms. The lowest BCUT2D eigenvalue weighted by Gasteiger charge is -2.45. The maximum absolute atomic E-state index is 11.8. The zero-order valence-corrected chi connectivity index (χ0v) is 13.4. The fourth-order valence-corrected chi connectivity index (χ4v) is 3.47. The smallest absolute Gasteiger partial charge is 0.422 e. The Labute approximate surface area is 138 Å². The van der Waals surface area contributed by atoms with Crippen molar-refractivity contribution in [2.45, 2.75) is 12.3 Å². The molecule has 126 valence electrons. The summed E-state index contributed by atoms with van der Waals surface area (Å²) in [7, 11) is 3.31. The summed E-state index contributed by atoms with van der Waals surface area (Å²) in [6.07, 6.45) is 0.524. The van der Waals surface area contributed by atoms with Crippen LogP contribution in [0.15, 0.2) is 23.2 Å². The van der Waals surface area contributed by atoms with Crippen molar-refractivity contribution in [2.24, 2.45) is 10.9 Å². The second kappa shape index (κ2) is 5.12. The van der Waals surface area contributed by atoms with Crippen LogP contribution in [-0.4, -0.2) is 50.9 Å². The van der Waals surface area contributed by atoms with Gasteiger partial charge in [0.1, 0.15) is 17.5 Å². The Balaban J connectivity index is 1.84. The van der Waals surface area contributed by atoms with Crippen LogP contribution in [0.2, 0.25) is 0 Å². The van der Waals surface area contributed by atoms with E-state index in [0.29, 0.717) is 31.1 Å². The lowest BCUT2D eigenvalue weighted by Crippen LogP contribution is -2.61. The number of benzene rings is 1. The number of hydrogen-bond acceptors (Lipinski definition) is 8. The van der Waals surface area contributed by atoms with Gasteiger partial charge in [0.2, 0.25) is 0 Å². The van der Waals surface area contributed by atoms with Crippen molar-refractivity contribution in [3.05, 3.63) is 23.8 Å². The number of esters is 2. The van der Waals surface area contributed by atoms with Gasteiger partial charge in [0.25, 0.3) is 0 Å². The number of nitrogens with zero attached hydrogens (tertiary/aromatic N) is 2. The van der Waals surface area contributed by atoms with E-state index >= 15 is 0 Å². The van der Waals surface area contributed by atoms with Crippen LogP contribution in [0, 0.1) is 5.92 Å². The lowest BCUT2D eigenvalue weighted by atomic mass is 9.87. The van der Waals surface area contributed by atoms with E-state index in [9.17, 15) is 9.59 Å². The first-order valence-electron chi connectivity index (χ1n) is 7.70. The van der Waals surface area contributed by atoms with Crippen molar-refractivity contribution < 1.29 is 23.8 Å². The fraction of sp³-hybridized carbons (Fsp3) is 0.438. The van der Waals surface area contributed by atoms with Gasteiger partial charge in [-0.3, -0.25) is 4.99 Å². The highest BCUT2D eigenvalue weighted by Gasteiger charge is 2.61. The zero-order valence-electron chi connectivity index (χ0n) is 13.4. The standard InChI is InChI=1S/C16H17N3O5/c1-19-12-8-10(22-2)4-3-9(12)7-11(13-17-5-6-18-13)16(19)23-14(20)15(21)24-16/h3-4,8,11H,5-7H2,1-2H3,(H,17,18). The number of carbonyl (C=O) groups excluding carboxylic acids is 2. The molecule has 8 nitrogen and oxygen atoms in total. The van der Waals surface area contributed by atoms with Crippen molar-refractivity contribution >= 4 is 23.5 Å². The number of carbonyl (C=O) groups is 2. The Bertz CT molecular complexity index is 744. The molecule has 1 unspecified atom stereocenters. The van der Waals surface area contributed by atoms with Crippen molar-refractivity contribution in [3.8, 4) is 5.75 Å². The van der Waals surface area contributed by atoms with Crippen LogP contribution in [0.1, 0.15) is 5.56 Å². The number of rotatable bonds is 2. The van der Waals surface area contributed by atoms with Gasteiger partial charge in [-0.1, -0.05) is 6.07 Å². The fourth-order valence-electron chi connectivity index (χ4n) is 3.47. The molecule has 1 atom stereocenters. The van der Waals surface area contributed by atoms with E-state index in [4.69, 9.17) is 14.2 Å². The molecule has 0 amide bonds. The maximum Gasteiger partial charge on any atom is 0.422 e. The number of anilines is 1. The molecule has 0 saturated carbocycles. The van der Waals surface area contributed by atoms with Crippen molar-refractivity contribution in [1.82, 2.24) is 5.32 Å². The molecule has 4 rings (SSSR count). The van der Waals surface area contributed by atoms with Crippen LogP contribution in [0.5, 0.6) is 5.75 Å². The van der Waals surface area contributed by atoms with Crippen molar-refractivity contribution in [3.63, 3.8) is 0 Å². The minimum Gasteiger partial charge on any atom is -0.497 e. The third-order valence-corrected chi connectivity index (χ3v) is 4.66. The molecule has 3 heterocycles. The summed E-state index contributed by atoms with van der Waals surface area (Å²) in [5, 5.41) is 3.20. The molecule has 1 aromatic rings. The van der Waals surface area contributed by atoms with E-state index in [1.165, 1.54) is 0 Å². The number of hydrogen-bond donors (Lipinski definition) is 1. The molecule has 0 aliphatic carbocycles. The predicted molar refractivity (Wildman–Crippen MR) is 83.8 cm³/mol. The third-order valence-electron chi connectivity index (χ3n) is 4.66. The normalized spacial score (nSPS) is 24.2. The van der Waals surface area contributed by atoms with Crippen molar-refractivity contribution in [1.29, 1.82) is 0 Å². The topological polar surface area (TPSA) is 89.5 Å². The lowest BCUT2D eigenvalue weighted by molar-refractivity contribution is -0.192. The number of amidine groups is 1. The zero-order chi connectivity index (χ0) is 16.9. The van der Waals surface area contributed by atoms with Crippen molar-refractivity contribution in [2.75, 3.05) is 32.1 Å². The molecular weight excluding hydrogens is 314 g/mol. The summed E-state index contributed by atoms with van der Waals surface area (Å²) < 4.78 is 16.1. The van der Waals surface area contributed by atoms with E-state index in [2.05, 4.69) is 10.3 Å². The Morgan fingerprint density at radius 3 is 2.71 bits per heavy atom. The first-order chi connectivity index (χ1) is 11.5. The second-order valence-electron chi connectivity index (χ2n) is 5.91. The highest BCUT2D eigenvalue weighted by Crippen LogP contribution is 2.45. The molecule has 0 bridgehead atoms. The minimum atomic E-state index is -1.52. The van der Waals surface area contributed by atoms with Gasteiger partial charge in [0.15, 0.2) is 0 Å². The van der Waals surface area contributed by atoms with Crippen LogP contribution in [-0.2, 0) is 25.5 Å². The summed E-state index contributed by atoms with van der Waals surface area (Å²) >= 11 is 0. The third kappa shape index (κ3) is 1.95. The minimum absolute atomic E-state index is 0.415. The summed E-state index contributed by atoms with van der Waals surface area (Å²) in [6, 6.07) is 5.66. The molecule has 1 saturated heterocycles. The largest absolute Gasteiger partial charge is 0.497 e. The van der Waals surface area contributed by atoms with E-state index < -0.39 is 23.8 Å². The first-order valence-corrected chi connectivity index (χ1v) is 7.70. The highest BCUT2D eigenvalue weighted by atomic mass is 16.8. The quantitative estimate of drug-likeness (QED) is 0.605.